The molecule has 35 heavy (non-hydrogen) atoms. The molecule has 0 spiro atoms. The van der Waals surface area contributed by atoms with Gasteiger partial charge in [0.25, 0.3) is 0 Å². The number of rotatable bonds is 7. The number of morpholine rings is 1. The van der Waals surface area contributed by atoms with Crippen molar-refractivity contribution < 1.29 is 9.47 Å². The summed E-state index contributed by atoms with van der Waals surface area (Å²) in [6.45, 7) is 5.95. The standard InChI is InChI=1S/C27H29N5O2S/c1-2-5-19(6-3-1)22-18-35-27-24(22)26(30-25(31-27)20-7-4-9-28-15-20)29-16-23(21-8-12-34-17-21)32-10-13-33-14-11-32/h1-7,9,15,18,21,23H,8,10-14,16-17H2,(H,29,30,31). The van der Waals surface area contributed by atoms with E-state index in [4.69, 9.17) is 19.4 Å². The molecule has 1 N–H and O–H groups in total. The van der Waals surface area contributed by atoms with Gasteiger partial charge in [-0.2, -0.15) is 0 Å². The first-order chi connectivity index (χ1) is 17.4. The number of ether oxygens (including phenoxy) is 2. The molecule has 7 nitrogen and oxygen atoms in total. The van der Waals surface area contributed by atoms with Crippen molar-refractivity contribution in [2.24, 2.45) is 5.92 Å². The van der Waals surface area contributed by atoms with Crippen molar-refractivity contribution in [3.05, 3.63) is 60.2 Å². The van der Waals surface area contributed by atoms with Crippen LogP contribution in [0.25, 0.3) is 32.7 Å². The number of hydrogen-bond donors (Lipinski definition) is 1. The highest BCUT2D eigenvalue weighted by Gasteiger charge is 2.32. The lowest BCUT2D eigenvalue weighted by molar-refractivity contribution is 0.00460. The smallest absolute Gasteiger partial charge is 0.164 e. The van der Waals surface area contributed by atoms with Gasteiger partial charge in [-0.25, -0.2) is 9.97 Å². The molecule has 2 aliphatic heterocycles. The van der Waals surface area contributed by atoms with Crippen LogP contribution in [-0.2, 0) is 9.47 Å². The molecular weight excluding hydrogens is 458 g/mol. The Bertz CT molecular complexity index is 1250. The molecule has 1 aromatic carbocycles. The Labute approximate surface area is 209 Å². The molecule has 180 valence electrons. The van der Waals surface area contributed by atoms with E-state index in [0.29, 0.717) is 17.8 Å². The Balaban J connectivity index is 1.39. The minimum atomic E-state index is 0.368. The number of anilines is 1. The van der Waals surface area contributed by atoms with Crippen LogP contribution >= 0.6 is 11.3 Å². The minimum Gasteiger partial charge on any atom is -0.381 e. The van der Waals surface area contributed by atoms with Crippen molar-refractivity contribution >= 4 is 27.4 Å². The van der Waals surface area contributed by atoms with E-state index in [1.165, 1.54) is 5.56 Å². The summed E-state index contributed by atoms with van der Waals surface area (Å²) in [6, 6.07) is 14.8. The molecule has 4 aromatic rings. The number of aromatic nitrogens is 3. The first kappa shape index (κ1) is 22.5. The Morgan fingerprint density at radius 2 is 1.86 bits per heavy atom. The maximum Gasteiger partial charge on any atom is 0.164 e. The Morgan fingerprint density at radius 1 is 1.00 bits per heavy atom. The topological polar surface area (TPSA) is 72.4 Å². The summed E-state index contributed by atoms with van der Waals surface area (Å²) in [5.41, 5.74) is 3.26. The van der Waals surface area contributed by atoms with Gasteiger partial charge in [0.2, 0.25) is 0 Å². The monoisotopic (exact) mass is 487 g/mol. The number of thiophene rings is 1. The van der Waals surface area contributed by atoms with Crippen LogP contribution in [0.1, 0.15) is 6.42 Å². The molecular formula is C27H29N5O2S. The average molecular weight is 488 g/mol. The van der Waals surface area contributed by atoms with E-state index in [0.717, 1.165) is 79.6 Å². The predicted octanol–water partition coefficient (Wildman–Crippen LogP) is 4.57. The number of hydrogen-bond acceptors (Lipinski definition) is 8. The summed E-state index contributed by atoms with van der Waals surface area (Å²) < 4.78 is 11.4. The second kappa shape index (κ2) is 10.4. The number of benzene rings is 1. The zero-order chi connectivity index (χ0) is 23.5. The highest BCUT2D eigenvalue weighted by atomic mass is 32.1. The molecule has 2 atom stereocenters. The van der Waals surface area contributed by atoms with Gasteiger partial charge in [-0.15, -0.1) is 11.3 Å². The van der Waals surface area contributed by atoms with Gasteiger partial charge in [0.05, 0.1) is 25.2 Å². The van der Waals surface area contributed by atoms with E-state index in [1.54, 1.807) is 17.5 Å². The first-order valence-corrected chi connectivity index (χ1v) is 13.1. The predicted molar refractivity (Wildman–Crippen MR) is 140 cm³/mol. The van der Waals surface area contributed by atoms with E-state index < -0.39 is 0 Å². The lowest BCUT2D eigenvalue weighted by Gasteiger charge is -2.37. The largest absolute Gasteiger partial charge is 0.381 e. The fourth-order valence-electron chi connectivity index (χ4n) is 5.08. The van der Waals surface area contributed by atoms with Crippen molar-refractivity contribution in [2.75, 3.05) is 51.4 Å². The van der Waals surface area contributed by atoms with Gasteiger partial charge in [0, 0.05) is 67.1 Å². The quantitative estimate of drug-likeness (QED) is 0.409. The Morgan fingerprint density at radius 3 is 2.63 bits per heavy atom. The second-order valence-corrected chi connectivity index (χ2v) is 9.91. The molecule has 2 aliphatic rings. The Hall–Kier alpha value is -2.91. The zero-order valence-electron chi connectivity index (χ0n) is 19.6. The summed E-state index contributed by atoms with van der Waals surface area (Å²) in [5.74, 6) is 2.08. The van der Waals surface area contributed by atoms with E-state index >= 15 is 0 Å². The van der Waals surface area contributed by atoms with Crippen LogP contribution in [0.2, 0.25) is 0 Å². The average Bonchev–Trinajstić information content (AvgIpc) is 3.61. The number of nitrogens with zero attached hydrogens (tertiary/aromatic N) is 4. The van der Waals surface area contributed by atoms with Gasteiger partial charge in [0.1, 0.15) is 10.6 Å². The summed E-state index contributed by atoms with van der Waals surface area (Å²) in [5, 5.41) is 7.04. The van der Waals surface area contributed by atoms with Crippen molar-refractivity contribution in [3.8, 4) is 22.5 Å². The van der Waals surface area contributed by atoms with E-state index in [9.17, 15) is 0 Å². The third kappa shape index (κ3) is 4.79. The van der Waals surface area contributed by atoms with E-state index in [-0.39, 0.29) is 0 Å². The van der Waals surface area contributed by atoms with Gasteiger partial charge in [-0.05, 0) is 24.1 Å². The normalized spacial score (nSPS) is 19.7. The molecule has 0 aliphatic carbocycles. The summed E-state index contributed by atoms with van der Waals surface area (Å²) >= 11 is 1.66. The van der Waals surface area contributed by atoms with Crippen LogP contribution in [0.3, 0.4) is 0 Å². The summed E-state index contributed by atoms with van der Waals surface area (Å²) in [7, 11) is 0. The zero-order valence-corrected chi connectivity index (χ0v) is 20.4. The van der Waals surface area contributed by atoms with Crippen LogP contribution in [0.15, 0.2) is 60.2 Å². The molecule has 8 heteroatoms. The van der Waals surface area contributed by atoms with Crippen molar-refractivity contribution in [3.63, 3.8) is 0 Å². The fourth-order valence-corrected chi connectivity index (χ4v) is 6.03. The van der Waals surface area contributed by atoms with Crippen LogP contribution in [0.4, 0.5) is 5.82 Å². The van der Waals surface area contributed by atoms with Gasteiger partial charge in [0.15, 0.2) is 5.82 Å². The van der Waals surface area contributed by atoms with Crippen molar-refractivity contribution in [1.82, 2.24) is 19.9 Å². The molecule has 6 rings (SSSR count). The van der Waals surface area contributed by atoms with Gasteiger partial charge in [-0.1, -0.05) is 30.3 Å². The summed E-state index contributed by atoms with van der Waals surface area (Å²) in [6.07, 6.45) is 4.69. The fraction of sp³-hybridized carbons (Fsp3) is 0.370. The molecule has 0 amide bonds. The molecule has 2 unspecified atom stereocenters. The highest BCUT2D eigenvalue weighted by molar-refractivity contribution is 7.17. The van der Waals surface area contributed by atoms with Crippen LogP contribution in [0, 0.1) is 5.92 Å². The van der Waals surface area contributed by atoms with Crippen LogP contribution < -0.4 is 5.32 Å². The molecule has 0 radical (unpaired) electrons. The maximum absolute atomic E-state index is 5.78. The minimum absolute atomic E-state index is 0.368. The van der Waals surface area contributed by atoms with Crippen LogP contribution in [-0.4, -0.2) is 72.0 Å². The molecule has 2 fully saturated rings. The Kier molecular flexibility index (Phi) is 6.68. The lowest BCUT2D eigenvalue weighted by atomic mass is 9.96. The highest BCUT2D eigenvalue weighted by Crippen LogP contribution is 2.38. The summed E-state index contributed by atoms with van der Waals surface area (Å²) in [4.78, 5) is 17.8. The second-order valence-electron chi connectivity index (χ2n) is 9.05. The van der Waals surface area contributed by atoms with E-state index in [1.807, 2.05) is 24.4 Å². The van der Waals surface area contributed by atoms with E-state index in [2.05, 4.69) is 44.8 Å². The number of pyridine rings is 1. The molecule has 0 saturated carbocycles. The van der Waals surface area contributed by atoms with Gasteiger partial charge >= 0.3 is 0 Å². The first-order valence-electron chi connectivity index (χ1n) is 12.3. The van der Waals surface area contributed by atoms with Crippen LogP contribution in [0.5, 0.6) is 0 Å². The third-order valence-electron chi connectivity index (χ3n) is 6.94. The van der Waals surface area contributed by atoms with Crippen molar-refractivity contribution in [1.29, 1.82) is 0 Å². The third-order valence-corrected chi connectivity index (χ3v) is 7.81. The maximum atomic E-state index is 5.78. The SMILES string of the molecule is c1ccc(-c2csc3nc(-c4cccnc4)nc(NCC(C4CCOC4)N4CCOCC4)c23)cc1. The number of fused-ring (bicyclic) bond motifs is 1. The molecule has 2 saturated heterocycles. The molecule has 3 aromatic heterocycles. The van der Waals surface area contributed by atoms with Crippen molar-refractivity contribution in [2.45, 2.75) is 12.5 Å². The van der Waals surface area contributed by atoms with Gasteiger partial charge in [-0.3, -0.25) is 9.88 Å². The number of nitrogens with one attached hydrogen (secondary N) is 1. The molecule has 5 heterocycles. The lowest BCUT2D eigenvalue weighted by Crippen LogP contribution is -2.50. The van der Waals surface area contributed by atoms with Gasteiger partial charge < -0.3 is 14.8 Å². The molecule has 0 bridgehead atoms.